The van der Waals surface area contributed by atoms with Gasteiger partial charge in [-0.05, 0) is 25.2 Å². The van der Waals surface area contributed by atoms with Crippen molar-refractivity contribution in [3.63, 3.8) is 0 Å². The lowest BCUT2D eigenvalue weighted by Crippen LogP contribution is -2.52. The van der Waals surface area contributed by atoms with Gasteiger partial charge >= 0.3 is 0 Å². The maximum atomic E-state index is 5.33. The van der Waals surface area contributed by atoms with Crippen molar-refractivity contribution in [3.05, 3.63) is 0 Å². The van der Waals surface area contributed by atoms with E-state index >= 15 is 0 Å². The van der Waals surface area contributed by atoms with Gasteiger partial charge in [-0.15, -0.1) is 0 Å². The summed E-state index contributed by atoms with van der Waals surface area (Å²) in [6.45, 7) is 9.26. The SMILES string of the molecule is CCCN1CCN(C(=S)NCCOC)CC1. The quantitative estimate of drug-likeness (QED) is 0.563. The molecule has 0 aromatic rings. The third-order valence-electron chi connectivity index (χ3n) is 2.78. The van der Waals surface area contributed by atoms with Crippen LogP contribution in [0.5, 0.6) is 0 Å². The van der Waals surface area contributed by atoms with Gasteiger partial charge in [-0.25, -0.2) is 0 Å². The van der Waals surface area contributed by atoms with E-state index in [-0.39, 0.29) is 0 Å². The summed E-state index contributed by atoms with van der Waals surface area (Å²) >= 11 is 5.33. The Hall–Kier alpha value is -0.390. The van der Waals surface area contributed by atoms with Crippen molar-refractivity contribution in [2.45, 2.75) is 13.3 Å². The Morgan fingerprint density at radius 1 is 1.31 bits per heavy atom. The number of methoxy groups -OCH3 is 1. The number of hydrogen-bond acceptors (Lipinski definition) is 3. The van der Waals surface area contributed by atoms with Crippen LogP contribution >= 0.6 is 12.2 Å². The van der Waals surface area contributed by atoms with Gasteiger partial charge in [0.05, 0.1) is 6.61 Å². The monoisotopic (exact) mass is 245 g/mol. The minimum absolute atomic E-state index is 0.704. The summed E-state index contributed by atoms with van der Waals surface area (Å²) in [4.78, 5) is 4.74. The molecule has 0 aliphatic carbocycles. The second-order valence-electron chi connectivity index (χ2n) is 4.05. The molecule has 4 nitrogen and oxygen atoms in total. The van der Waals surface area contributed by atoms with Gasteiger partial charge in [0.2, 0.25) is 0 Å². The van der Waals surface area contributed by atoms with E-state index in [0.29, 0.717) is 6.61 Å². The zero-order valence-electron chi connectivity index (χ0n) is 10.4. The molecule has 1 aliphatic rings. The fraction of sp³-hybridized carbons (Fsp3) is 0.909. The van der Waals surface area contributed by atoms with Gasteiger partial charge in [0.15, 0.2) is 5.11 Å². The van der Waals surface area contributed by atoms with Gasteiger partial charge < -0.3 is 15.0 Å². The van der Waals surface area contributed by atoms with E-state index in [2.05, 4.69) is 22.0 Å². The average Bonchev–Trinajstić information content (AvgIpc) is 2.30. The van der Waals surface area contributed by atoms with E-state index in [1.165, 1.54) is 13.0 Å². The molecule has 1 heterocycles. The smallest absolute Gasteiger partial charge is 0.169 e. The maximum Gasteiger partial charge on any atom is 0.169 e. The molecule has 0 spiro atoms. The van der Waals surface area contributed by atoms with Crippen LogP contribution in [-0.4, -0.2) is 67.9 Å². The highest BCUT2D eigenvalue weighted by molar-refractivity contribution is 7.80. The largest absolute Gasteiger partial charge is 0.383 e. The maximum absolute atomic E-state index is 5.33. The summed E-state index contributed by atoms with van der Waals surface area (Å²) in [6, 6.07) is 0. The topological polar surface area (TPSA) is 27.7 Å². The molecule has 1 fully saturated rings. The molecule has 0 unspecified atom stereocenters. The van der Waals surface area contributed by atoms with E-state index in [9.17, 15) is 0 Å². The first kappa shape index (κ1) is 13.7. The molecule has 0 aromatic carbocycles. The highest BCUT2D eigenvalue weighted by Crippen LogP contribution is 2.02. The van der Waals surface area contributed by atoms with Crippen molar-refractivity contribution in [2.24, 2.45) is 0 Å². The van der Waals surface area contributed by atoms with Gasteiger partial charge in [-0.2, -0.15) is 0 Å². The first-order valence-electron chi connectivity index (χ1n) is 6.02. The molecule has 0 atom stereocenters. The Bertz CT molecular complexity index is 205. The lowest BCUT2D eigenvalue weighted by molar-refractivity contribution is 0.178. The van der Waals surface area contributed by atoms with Crippen LogP contribution in [0, 0.1) is 0 Å². The third-order valence-corrected chi connectivity index (χ3v) is 3.18. The van der Waals surface area contributed by atoms with Gasteiger partial charge in [0.1, 0.15) is 0 Å². The number of nitrogens with zero attached hydrogens (tertiary/aromatic N) is 2. The molecule has 16 heavy (non-hydrogen) atoms. The van der Waals surface area contributed by atoms with Crippen molar-refractivity contribution < 1.29 is 4.74 Å². The zero-order chi connectivity index (χ0) is 11.8. The highest BCUT2D eigenvalue weighted by atomic mass is 32.1. The van der Waals surface area contributed by atoms with Crippen molar-refractivity contribution in [1.82, 2.24) is 15.1 Å². The van der Waals surface area contributed by atoms with Crippen molar-refractivity contribution in [2.75, 3.05) is 53.0 Å². The Kier molecular flexibility index (Phi) is 6.68. The van der Waals surface area contributed by atoms with Crippen molar-refractivity contribution in [1.29, 1.82) is 0 Å². The average molecular weight is 245 g/mol. The summed E-state index contributed by atoms with van der Waals surface area (Å²) in [6.07, 6.45) is 1.23. The molecule has 0 bridgehead atoms. The van der Waals surface area contributed by atoms with Crippen LogP contribution in [0.4, 0.5) is 0 Å². The Morgan fingerprint density at radius 2 is 2.00 bits per heavy atom. The van der Waals surface area contributed by atoms with Crippen LogP contribution in [0.3, 0.4) is 0 Å². The Balaban J connectivity index is 2.17. The summed E-state index contributed by atoms with van der Waals surface area (Å²) < 4.78 is 4.98. The number of rotatable bonds is 5. The van der Waals surface area contributed by atoms with Crippen molar-refractivity contribution in [3.8, 4) is 0 Å². The molecule has 5 heteroatoms. The molecule has 0 amide bonds. The second kappa shape index (κ2) is 7.81. The molecular weight excluding hydrogens is 222 g/mol. The normalized spacial score (nSPS) is 17.5. The number of hydrogen-bond donors (Lipinski definition) is 1. The van der Waals surface area contributed by atoms with E-state index in [1.807, 2.05) is 0 Å². The number of nitrogens with one attached hydrogen (secondary N) is 1. The molecule has 0 aromatic heterocycles. The van der Waals surface area contributed by atoms with Gasteiger partial charge in [0.25, 0.3) is 0 Å². The van der Waals surface area contributed by atoms with Crippen LogP contribution in [0.1, 0.15) is 13.3 Å². The summed E-state index contributed by atoms with van der Waals surface area (Å²) in [5.74, 6) is 0. The molecule has 1 saturated heterocycles. The molecule has 0 radical (unpaired) electrons. The molecule has 1 N–H and O–H groups in total. The van der Waals surface area contributed by atoms with E-state index in [0.717, 1.165) is 37.8 Å². The van der Waals surface area contributed by atoms with Crippen LogP contribution in [0.25, 0.3) is 0 Å². The fourth-order valence-electron chi connectivity index (χ4n) is 1.86. The van der Waals surface area contributed by atoms with Crippen LogP contribution in [0.15, 0.2) is 0 Å². The number of piperazine rings is 1. The fourth-order valence-corrected chi connectivity index (χ4v) is 2.15. The van der Waals surface area contributed by atoms with E-state index in [1.54, 1.807) is 7.11 Å². The lowest BCUT2D eigenvalue weighted by atomic mass is 10.3. The number of thiocarbonyl (C=S) groups is 1. The molecule has 1 rings (SSSR count). The van der Waals surface area contributed by atoms with E-state index in [4.69, 9.17) is 17.0 Å². The van der Waals surface area contributed by atoms with E-state index < -0.39 is 0 Å². The minimum Gasteiger partial charge on any atom is -0.383 e. The lowest BCUT2D eigenvalue weighted by Gasteiger charge is -2.36. The summed E-state index contributed by atoms with van der Waals surface area (Å²) in [7, 11) is 1.70. The van der Waals surface area contributed by atoms with Crippen LogP contribution in [0.2, 0.25) is 0 Å². The predicted molar refractivity (Wildman–Crippen MR) is 70.8 cm³/mol. The summed E-state index contributed by atoms with van der Waals surface area (Å²) in [5, 5.41) is 4.08. The minimum atomic E-state index is 0.704. The first-order chi connectivity index (χ1) is 7.77. The van der Waals surface area contributed by atoms with Gasteiger partial charge in [0, 0.05) is 39.8 Å². The standard InChI is InChI=1S/C11H23N3OS/c1-3-5-13-6-8-14(9-7-13)11(16)12-4-10-15-2/h3-10H2,1-2H3,(H,12,16). The molecular formula is C11H23N3OS. The van der Waals surface area contributed by atoms with Gasteiger partial charge in [-0.3, -0.25) is 4.90 Å². The second-order valence-corrected chi connectivity index (χ2v) is 4.44. The molecule has 94 valence electrons. The van der Waals surface area contributed by atoms with Crippen LogP contribution < -0.4 is 5.32 Å². The zero-order valence-corrected chi connectivity index (χ0v) is 11.2. The Morgan fingerprint density at radius 3 is 2.56 bits per heavy atom. The highest BCUT2D eigenvalue weighted by Gasteiger charge is 2.17. The van der Waals surface area contributed by atoms with Crippen LogP contribution in [-0.2, 0) is 4.74 Å². The number of ether oxygens (including phenoxy) is 1. The molecule has 1 aliphatic heterocycles. The first-order valence-corrected chi connectivity index (χ1v) is 6.42. The predicted octanol–water partition coefficient (Wildman–Crippen LogP) is 0.535. The summed E-state index contributed by atoms with van der Waals surface area (Å²) in [5.41, 5.74) is 0. The third kappa shape index (κ3) is 4.63. The van der Waals surface area contributed by atoms with Crippen molar-refractivity contribution >= 4 is 17.3 Å². The van der Waals surface area contributed by atoms with Gasteiger partial charge in [-0.1, -0.05) is 6.92 Å². The Labute approximate surface area is 104 Å². The molecule has 0 saturated carbocycles.